The summed E-state index contributed by atoms with van der Waals surface area (Å²) in [6.45, 7) is 4.36. The van der Waals surface area contributed by atoms with E-state index in [9.17, 15) is 17.6 Å². The first-order chi connectivity index (χ1) is 15.9. The second-order valence-corrected chi connectivity index (χ2v) is 10.4. The van der Waals surface area contributed by atoms with Gasteiger partial charge in [-0.15, -0.1) is 0 Å². The first kappa shape index (κ1) is 25.6. The molecule has 0 bridgehead atoms. The number of hydrogen-bond donors (Lipinski definition) is 2. The summed E-state index contributed by atoms with van der Waals surface area (Å²) in [5, 5.41) is 2.78. The van der Waals surface area contributed by atoms with E-state index < -0.39 is 32.7 Å². The predicted octanol–water partition coefficient (Wildman–Crippen LogP) is 2.74. The maximum atomic E-state index is 14.0. The van der Waals surface area contributed by atoms with E-state index in [-0.39, 0.29) is 6.42 Å². The molecule has 0 aromatic heterocycles. The Balaban J connectivity index is 1.61. The Bertz CT molecular complexity index is 1010. The molecule has 1 amide bonds. The van der Waals surface area contributed by atoms with Crippen molar-refractivity contribution in [3.05, 3.63) is 59.9 Å². The van der Waals surface area contributed by atoms with E-state index in [2.05, 4.69) is 14.9 Å². The molecule has 0 radical (unpaired) electrons. The number of thioether (sulfide) groups is 1. The summed E-state index contributed by atoms with van der Waals surface area (Å²) in [6.07, 6.45) is 3.04. The topological polar surface area (TPSA) is 87.7 Å². The van der Waals surface area contributed by atoms with E-state index in [0.717, 1.165) is 50.9 Å². The maximum Gasteiger partial charge on any atom is 0.244 e. The van der Waals surface area contributed by atoms with Crippen LogP contribution in [0.4, 0.5) is 10.1 Å². The van der Waals surface area contributed by atoms with E-state index in [1.54, 1.807) is 0 Å². The second-order valence-electron chi connectivity index (χ2n) is 7.78. The van der Waals surface area contributed by atoms with Crippen molar-refractivity contribution in [2.75, 3.05) is 50.2 Å². The van der Waals surface area contributed by atoms with Crippen molar-refractivity contribution in [3.8, 4) is 0 Å². The number of carbonyl (C=O) groups is 1. The van der Waals surface area contributed by atoms with Crippen molar-refractivity contribution in [2.45, 2.75) is 23.8 Å². The molecule has 2 N–H and O–H groups in total. The molecule has 1 unspecified atom stereocenters. The van der Waals surface area contributed by atoms with Gasteiger partial charge in [0.1, 0.15) is 16.8 Å². The van der Waals surface area contributed by atoms with Crippen LogP contribution in [-0.2, 0) is 26.0 Å². The van der Waals surface area contributed by atoms with Crippen LogP contribution in [0.1, 0.15) is 12.0 Å². The van der Waals surface area contributed by atoms with Crippen LogP contribution in [0.15, 0.2) is 53.4 Å². The zero-order chi connectivity index (χ0) is 23.7. The largest absolute Gasteiger partial charge is 0.379 e. The van der Waals surface area contributed by atoms with Gasteiger partial charge in [0.25, 0.3) is 0 Å². The zero-order valence-electron chi connectivity index (χ0n) is 18.6. The average molecular weight is 496 g/mol. The standard InChI is InChI=1S/C23H30FN3O4S2/c1-32-17-11-21(26-33(29,30)22-5-3-2-4-20(22)24)23(28)25-19-8-6-18(7-9-19)10-12-27-13-15-31-16-14-27/h2-9,21,26H,10-17H2,1H3,(H,25,28). The zero-order valence-corrected chi connectivity index (χ0v) is 20.3. The van der Waals surface area contributed by atoms with Gasteiger partial charge >= 0.3 is 0 Å². The van der Waals surface area contributed by atoms with Crippen molar-refractivity contribution >= 4 is 33.4 Å². The number of amides is 1. The minimum absolute atomic E-state index is 0.276. The van der Waals surface area contributed by atoms with Crippen LogP contribution in [-0.4, -0.2) is 70.1 Å². The number of morpholine rings is 1. The highest BCUT2D eigenvalue weighted by Crippen LogP contribution is 2.16. The third-order valence-corrected chi connectivity index (χ3v) is 7.54. The van der Waals surface area contributed by atoms with E-state index in [0.29, 0.717) is 11.4 Å². The smallest absolute Gasteiger partial charge is 0.244 e. The van der Waals surface area contributed by atoms with Gasteiger partial charge in [-0.05, 0) is 54.7 Å². The monoisotopic (exact) mass is 495 g/mol. The number of nitrogens with one attached hydrogen (secondary N) is 2. The summed E-state index contributed by atoms with van der Waals surface area (Å²) in [7, 11) is -4.19. The summed E-state index contributed by atoms with van der Waals surface area (Å²) in [4.78, 5) is 14.8. The molecule has 1 fully saturated rings. The fourth-order valence-electron chi connectivity index (χ4n) is 3.49. The van der Waals surface area contributed by atoms with Crippen LogP contribution in [0, 0.1) is 5.82 Å². The fourth-order valence-corrected chi connectivity index (χ4v) is 5.27. The molecule has 2 aromatic carbocycles. The molecule has 1 atom stereocenters. The fraction of sp³-hybridized carbons (Fsp3) is 0.435. The molecule has 7 nitrogen and oxygen atoms in total. The summed E-state index contributed by atoms with van der Waals surface area (Å²) in [5.74, 6) is -0.773. The normalized spacial score (nSPS) is 15.8. The van der Waals surface area contributed by atoms with Crippen molar-refractivity contribution in [1.29, 1.82) is 0 Å². The molecular formula is C23H30FN3O4S2. The lowest BCUT2D eigenvalue weighted by atomic mass is 10.1. The molecule has 0 spiro atoms. The van der Waals surface area contributed by atoms with Crippen molar-refractivity contribution in [3.63, 3.8) is 0 Å². The van der Waals surface area contributed by atoms with Gasteiger partial charge in [0.15, 0.2) is 0 Å². The van der Waals surface area contributed by atoms with Crippen LogP contribution < -0.4 is 10.0 Å². The summed E-state index contributed by atoms with van der Waals surface area (Å²) >= 11 is 1.50. The Labute approximate surface area is 199 Å². The molecule has 33 heavy (non-hydrogen) atoms. The van der Waals surface area contributed by atoms with E-state index in [1.807, 2.05) is 30.5 Å². The van der Waals surface area contributed by atoms with Gasteiger partial charge in [-0.3, -0.25) is 9.69 Å². The number of ether oxygens (including phenoxy) is 1. The summed E-state index contributed by atoms with van der Waals surface area (Å²) < 4.78 is 47.1. The first-order valence-corrected chi connectivity index (χ1v) is 13.7. The number of hydrogen-bond acceptors (Lipinski definition) is 6. The molecule has 1 heterocycles. The Hall–Kier alpha value is -1.98. The summed E-state index contributed by atoms with van der Waals surface area (Å²) in [6, 6.07) is 11.6. The molecule has 1 saturated heterocycles. The number of nitrogens with zero attached hydrogens (tertiary/aromatic N) is 1. The number of sulfonamides is 1. The van der Waals surface area contributed by atoms with Gasteiger partial charge in [0.05, 0.1) is 13.2 Å². The number of anilines is 1. The van der Waals surface area contributed by atoms with E-state index >= 15 is 0 Å². The van der Waals surface area contributed by atoms with Crippen molar-refractivity contribution in [2.24, 2.45) is 0 Å². The molecule has 0 aliphatic carbocycles. The SMILES string of the molecule is CSCCC(NS(=O)(=O)c1ccccc1F)C(=O)Nc1ccc(CCN2CCOCC2)cc1. The van der Waals surface area contributed by atoms with Gasteiger partial charge in [-0.25, -0.2) is 12.8 Å². The van der Waals surface area contributed by atoms with Crippen LogP contribution in [0.2, 0.25) is 0 Å². The highest BCUT2D eigenvalue weighted by molar-refractivity contribution is 7.98. The third-order valence-electron chi connectivity index (χ3n) is 5.39. The Morgan fingerprint density at radius 3 is 2.52 bits per heavy atom. The summed E-state index contributed by atoms with van der Waals surface area (Å²) in [5.41, 5.74) is 1.73. The van der Waals surface area contributed by atoms with Gasteiger partial charge < -0.3 is 10.1 Å². The van der Waals surface area contributed by atoms with Crippen molar-refractivity contribution < 1.29 is 22.3 Å². The second kappa shape index (κ2) is 12.5. The van der Waals surface area contributed by atoms with E-state index in [1.165, 1.54) is 30.0 Å². The molecule has 0 saturated carbocycles. The lowest BCUT2D eigenvalue weighted by Crippen LogP contribution is -2.44. The molecule has 2 aromatic rings. The van der Waals surface area contributed by atoms with E-state index in [4.69, 9.17) is 4.74 Å². The highest BCUT2D eigenvalue weighted by Gasteiger charge is 2.27. The minimum Gasteiger partial charge on any atom is -0.379 e. The van der Waals surface area contributed by atoms with Gasteiger partial charge in [-0.2, -0.15) is 16.5 Å². The van der Waals surface area contributed by atoms with Gasteiger partial charge in [0, 0.05) is 25.3 Å². The number of halogens is 1. The molecule has 180 valence electrons. The lowest BCUT2D eigenvalue weighted by Gasteiger charge is -2.26. The first-order valence-electron chi connectivity index (χ1n) is 10.8. The Morgan fingerprint density at radius 2 is 1.85 bits per heavy atom. The van der Waals surface area contributed by atoms with Crippen LogP contribution in [0.3, 0.4) is 0 Å². The van der Waals surface area contributed by atoms with Crippen LogP contribution >= 0.6 is 11.8 Å². The maximum absolute atomic E-state index is 14.0. The molecule has 1 aliphatic rings. The van der Waals surface area contributed by atoms with Crippen molar-refractivity contribution in [1.82, 2.24) is 9.62 Å². The number of carbonyl (C=O) groups excluding carboxylic acids is 1. The molecule has 3 rings (SSSR count). The molecule has 10 heteroatoms. The average Bonchev–Trinajstić information content (AvgIpc) is 2.82. The van der Waals surface area contributed by atoms with Crippen LogP contribution in [0.5, 0.6) is 0 Å². The Morgan fingerprint density at radius 1 is 1.15 bits per heavy atom. The minimum atomic E-state index is -4.19. The molecular weight excluding hydrogens is 465 g/mol. The lowest BCUT2D eigenvalue weighted by molar-refractivity contribution is -0.117. The highest BCUT2D eigenvalue weighted by atomic mass is 32.2. The number of rotatable bonds is 11. The van der Waals surface area contributed by atoms with Gasteiger partial charge in [-0.1, -0.05) is 24.3 Å². The Kier molecular flexibility index (Phi) is 9.69. The van der Waals surface area contributed by atoms with Crippen LogP contribution in [0.25, 0.3) is 0 Å². The quantitative estimate of drug-likeness (QED) is 0.499. The molecule has 1 aliphatic heterocycles. The predicted molar refractivity (Wildman–Crippen MR) is 130 cm³/mol. The number of benzene rings is 2. The van der Waals surface area contributed by atoms with Gasteiger partial charge in [0.2, 0.25) is 15.9 Å². The third kappa shape index (κ3) is 7.79.